The molecule has 3 atom stereocenters. The van der Waals surface area contributed by atoms with Crippen LogP contribution >= 0.6 is 15.9 Å². The van der Waals surface area contributed by atoms with Crippen LogP contribution in [0.2, 0.25) is 0 Å². The van der Waals surface area contributed by atoms with E-state index < -0.39 is 22.7 Å². The van der Waals surface area contributed by atoms with E-state index in [-0.39, 0.29) is 11.3 Å². The van der Waals surface area contributed by atoms with Crippen molar-refractivity contribution in [2.75, 3.05) is 0 Å². The number of nitriles is 4. The summed E-state index contributed by atoms with van der Waals surface area (Å²) in [7, 11) is 0. The second-order valence-electron chi connectivity index (χ2n) is 5.26. The molecule has 6 nitrogen and oxygen atoms in total. The minimum Gasteiger partial charge on any atom is -0.325 e. The SMILES string of the molecule is N#CC(C#N)=C1NC(=O)C2(C#N)C(c3cccc(Br)c3)C12C#N. The van der Waals surface area contributed by atoms with E-state index in [1.807, 2.05) is 12.1 Å². The van der Waals surface area contributed by atoms with Crippen LogP contribution in [-0.4, -0.2) is 5.91 Å². The predicted molar refractivity (Wildman–Crippen MR) is 79.4 cm³/mol. The van der Waals surface area contributed by atoms with Gasteiger partial charge in [0.2, 0.25) is 5.91 Å². The summed E-state index contributed by atoms with van der Waals surface area (Å²) in [5, 5.41) is 39.9. The lowest BCUT2D eigenvalue weighted by Gasteiger charge is -2.12. The third kappa shape index (κ3) is 1.50. The van der Waals surface area contributed by atoms with Gasteiger partial charge in [0.1, 0.15) is 17.6 Å². The van der Waals surface area contributed by atoms with Crippen molar-refractivity contribution in [3.05, 3.63) is 45.6 Å². The Morgan fingerprint density at radius 1 is 1.13 bits per heavy atom. The normalized spacial score (nSPS) is 30.0. The second-order valence-corrected chi connectivity index (χ2v) is 6.17. The summed E-state index contributed by atoms with van der Waals surface area (Å²) in [4.78, 5) is 12.4. The average Bonchev–Trinajstić information content (AvgIpc) is 3.11. The molecule has 3 rings (SSSR count). The highest BCUT2D eigenvalue weighted by Gasteiger charge is 2.89. The van der Waals surface area contributed by atoms with E-state index in [0.717, 1.165) is 4.47 Å². The number of hydrogen-bond acceptors (Lipinski definition) is 5. The molecule has 3 unspecified atom stereocenters. The van der Waals surface area contributed by atoms with Gasteiger partial charge in [0, 0.05) is 10.4 Å². The summed E-state index contributed by atoms with van der Waals surface area (Å²) in [6.07, 6.45) is 0. The monoisotopic (exact) mass is 363 g/mol. The topological polar surface area (TPSA) is 124 Å². The maximum atomic E-state index is 12.4. The molecule has 1 heterocycles. The largest absolute Gasteiger partial charge is 0.325 e. The van der Waals surface area contributed by atoms with Crippen LogP contribution in [0.25, 0.3) is 0 Å². The second kappa shape index (κ2) is 4.68. The van der Waals surface area contributed by atoms with Crippen LogP contribution in [0, 0.1) is 56.2 Å². The fourth-order valence-electron chi connectivity index (χ4n) is 3.43. The van der Waals surface area contributed by atoms with Crippen LogP contribution in [0.4, 0.5) is 0 Å². The fraction of sp³-hybridized carbons (Fsp3) is 0.188. The number of carbonyl (C=O) groups is 1. The van der Waals surface area contributed by atoms with Crippen molar-refractivity contribution in [1.29, 1.82) is 21.0 Å². The lowest BCUT2D eigenvalue weighted by molar-refractivity contribution is -0.122. The quantitative estimate of drug-likeness (QED) is 0.763. The molecule has 0 aromatic heterocycles. The molecule has 108 valence electrons. The van der Waals surface area contributed by atoms with Crippen molar-refractivity contribution in [2.45, 2.75) is 5.92 Å². The molecule has 1 aromatic rings. The summed E-state index contributed by atoms with van der Waals surface area (Å²) >= 11 is 3.32. The zero-order chi connectivity index (χ0) is 16.8. The lowest BCUT2D eigenvalue weighted by Crippen LogP contribution is -2.27. The first-order valence-electron chi connectivity index (χ1n) is 6.47. The summed E-state index contributed by atoms with van der Waals surface area (Å²) in [5.74, 6) is -1.37. The fourth-order valence-corrected chi connectivity index (χ4v) is 3.85. The maximum absolute atomic E-state index is 12.4. The van der Waals surface area contributed by atoms with E-state index in [0.29, 0.717) is 5.56 Å². The number of piperidine rings is 1. The Balaban J connectivity index is 2.31. The standard InChI is InChI=1S/C16H6BrN5O/c17-11-3-1-2-9(4-11)12-15(7-20)13(10(5-18)6-19)22-14(23)16(12,15)8-21/h1-4,12H,(H,22,23). The van der Waals surface area contributed by atoms with E-state index in [2.05, 4.69) is 21.2 Å². The molecule has 2 aliphatic rings. The van der Waals surface area contributed by atoms with Crippen LogP contribution in [0.5, 0.6) is 0 Å². The van der Waals surface area contributed by atoms with E-state index in [9.17, 15) is 15.3 Å². The minimum absolute atomic E-state index is 0.0680. The first-order valence-corrected chi connectivity index (χ1v) is 7.27. The van der Waals surface area contributed by atoms with Gasteiger partial charge >= 0.3 is 0 Å². The first kappa shape index (κ1) is 14.8. The van der Waals surface area contributed by atoms with Gasteiger partial charge in [0.05, 0.1) is 17.8 Å². The molecule has 0 spiro atoms. The van der Waals surface area contributed by atoms with Gasteiger partial charge in [-0.3, -0.25) is 4.79 Å². The highest BCUT2D eigenvalue weighted by molar-refractivity contribution is 9.10. The zero-order valence-corrected chi connectivity index (χ0v) is 13.0. The average molecular weight is 364 g/mol. The van der Waals surface area contributed by atoms with Gasteiger partial charge in [-0.15, -0.1) is 0 Å². The number of rotatable bonds is 1. The van der Waals surface area contributed by atoms with Crippen molar-refractivity contribution in [1.82, 2.24) is 5.32 Å². The summed E-state index contributed by atoms with van der Waals surface area (Å²) in [5.41, 5.74) is -2.93. The van der Waals surface area contributed by atoms with Gasteiger partial charge < -0.3 is 5.32 Å². The molecule has 1 aliphatic heterocycles. The van der Waals surface area contributed by atoms with Gasteiger partial charge in [0.15, 0.2) is 11.0 Å². The molecule has 7 heteroatoms. The van der Waals surface area contributed by atoms with Crippen LogP contribution < -0.4 is 5.32 Å². The summed E-state index contributed by atoms with van der Waals surface area (Å²) < 4.78 is 0.743. The van der Waals surface area contributed by atoms with Gasteiger partial charge in [-0.25, -0.2) is 0 Å². The molecule has 2 fully saturated rings. The molecule has 23 heavy (non-hydrogen) atoms. The number of hydrogen-bond donors (Lipinski definition) is 1. The Bertz CT molecular complexity index is 938. The molecule has 1 aromatic carbocycles. The van der Waals surface area contributed by atoms with Crippen molar-refractivity contribution in [3.8, 4) is 24.3 Å². The molecule has 0 radical (unpaired) electrons. The molecule has 1 N–H and O–H groups in total. The van der Waals surface area contributed by atoms with Crippen LogP contribution in [0.1, 0.15) is 11.5 Å². The number of allylic oxidation sites excluding steroid dienone is 2. The number of amides is 1. The number of benzene rings is 1. The van der Waals surface area contributed by atoms with Crippen LogP contribution in [0.15, 0.2) is 40.0 Å². The molecule has 1 saturated heterocycles. The van der Waals surface area contributed by atoms with E-state index in [4.69, 9.17) is 10.5 Å². The molecule has 0 bridgehead atoms. The molecular formula is C16H6BrN5O. The van der Waals surface area contributed by atoms with Gasteiger partial charge in [-0.2, -0.15) is 21.0 Å². The predicted octanol–water partition coefficient (Wildman–Crippen LogP) is 2.00. The van der Waals surface area contributed by atoms with Crippen molar-refractivity contribution in [3.63, 3.8) is 0 Å². The minimum atomic E-state index is -1.61. The zero-order valence-electron chi connectivity index (χ0n) is 11.5. The smallest absolute Gasteiger partial charge is 0.247 e. The Hall–Kier alpha value is -3.13. The van der Waals surface area contributed by atoms with Crippen molar-refractivity contribution < 1.29 is 4.79 Å². The number of halogens is 1. The van der Waals surface area contributed by atoms with Crippen LogP contribution in [0.3, 0.4) is 0 Å². The van der Waals surface area contributed by atoms with Crippen LogP contribution in [-0.2, 0) is 4.79 Å². The van der Waals surface area contributed by atoms with E-state index in [1.165, 1.54) is 0 Å². The summed E-state index contributed by atoms with van der Waals surface area (Å²) in [6.45, 7) is 0. The Morgan fingerprint density at radius 2 is 1.78 bits per heavy atom. The highest BCUT2D eigenvalue weighted by Crippen LogP contribution is 2.79. The Labute approximate surface area is 140 Å². The Morgan fingerprint density at radius 3 is 2.30 bits per heavy atom. The number of nitrogens with zero attached hydrogens (tertiary/aromatic N) is 4. The van der Waals surface area contributed by atoms with Crippen molar-refractivity contribution in [2.24, 2.45) is 10.8 Å². The summed E-state index contributed by atoms with van der Waals surface area (Å²) in [6, 6.07) is 14.3. The third-order valence-electron chi connectivity index (χ3n) is 4.40. The number of nitrogens with one attached hydrogen (secondary N) is 1. The third-order valence-corrected chi connectivity index (χ3v) is 4.90. The van der Waals surface area contributed by atoms with E-state index in [1.54, 1.807) is 36.4 Å². The van der Waals surface area contributed by atoms with Gasteiger partial charge in [-0.05, 0) is 17.7 Å². The lowest BCUT2D eigenvalue weighted by atomic mass is 9.93. The molecule has 1 amide bonds. The molecule has 1 aliphatic carbocycles. The maximum Gasteiger partial charge on any atom is 0.247 e. The highest BCUT2D eigenvalue weighted by atomic mass is 79.9. The molecular weight excluding hydrogens is 358 g/mol. The van der Waals surface area contributed by atoms with Gasteiger partial charge in [0.25, 0.3) is 0 Å². The first-order chi connectivity index (χ1) is 11.0. The van der Waals surface area contributed by atoms with Crippen molar-refractivity contribution >= 4 is 21.8 Å². The van der Waals surface area contributed by atoms with Gasteiger partial charge in [-0.1, -0.05) is 28.1 Å². The Kier molecular flexibility index (Phi) is 3.01. The number of fused-ring (bicyclic) bond motifs is 1. The molecule has 1 saturated carbocycles. The number of carbonyl (C=O) groups excluding carboxylic acids is 1. The van der Waals surface area contributed by atoms with E-state index >= 15 is 0 Å².